The molecule has 8 N–H and O–H groups in total. The number of hydrogen-bond donors (Lipinski definition) is 6. The van der Waals surface area contributed by atoms with E-state index in [0.717, 1.165) is 16.7 Å². The molecule has 0 fully saturated rings. The normalized spacial score (nSPS) is 12.6. The first-order chi connectivity index (χ1) is 16.9. The van der Waals surface area contributed by atoms with Crippen molar-refractivity contribution in [3.63, 3.8) is 0 Å². The molecule has 0 aliphatic rings. The van der Waals surface area contributed by atoms with Crippen LogP contribution < -0.4 is 32.8 Å². The van der Waals surface area contributed by atoms with Crippen molar-refractivity contribution in [1.29, 1.82) is 0 Å². The molecule has 10 nitrogen and oxygen atoms in total. The van der Waals surface area contributed by atoms with E-state index in [2.05, 4.69) is 33.0 Å². The van der Waals surface area contributed by atoms with Gasteiger partial charge in [-0.3, -0.25) is 16.0 Å². The SMILES string of the molecule is CCOC(=O)C(C#CCOC)N[C@@H](Cc1ccc(-c2cccc(Cl)c2)cc1)C(=O)N/C(NN)=[NH+]/N. The maximum absolute atomic E-state index is 13.0. The fourth-order valence-electron chi connectivity index (χ4n) is 3.10. The van der Waals surface area contributed by atoms with Crippen molar-refractivity contribution in [1.82, 2.24) is 16.1 Å². The van der Waals surface area contributed by atoms with Gasteiger partial charge in [0.25, 0.3) is 5.91 Å². The summed E-state index contributed by atoms with van der Waals surface area (Å²) in [5, 5.41) is 8.38. The highest BCUT2D eigenvalue weighted by atomic mass is 35.5. The number of amides is 1. The van der Waals surface area contributed by atoms with Crippen LogP contribution in [0.1, 0.15) is 12.5 Å². The number of ether oxygens (including phenoxy) is 2. The molecule has 0 heterocycles. The Morgan fingerprint density at radius 2 is 1.91 bits per heavy atom. The minimum Gasteiger partial charge on any atom is -0.464 e. The lowest BCUT2D eigenvalue weighted by atomic mass is 10.00. The minimum absolute atomic E-state index is 0.0174. The first-order valence-electron chi connectivity index (χ1n) is 10.8. The average Bonchev–Trinajstić information content (AvgIpc) is 2.86. The van der Waals surface area contributed by atoms with E-state index >= 15 is 0 Å². The number of nitrogens with two attached hydrogens (primary N) is 2. The van der Waals surface area contributed by atoms with Gasteiger partial charge in [-0.05, 0) is 42.2 Å². The van der Waals surface area contributed by atoms with Gasteiger partial charge < -0.3 is 9.47 Å². The highest BCUT2D eigenvalue weighted by Crippen LogP contribution is 2.23. The van der Waals surface area contributed by atoms with E-state index in [-0.39, 0.29) is 25.6 Å². The van der Waals surface area contributed by atoms with Crippen LogP contribution >= 0.6 is 11.6 Å². The molecule has 2 atom stereocenters. The number of hydrogen-bond acceptors (Lipinski definition) is 7. The minimum atomic E-state index is -1.06. The van der Waals surface area contributed by atoms with Crippen molar-refractivity contribution < 1.29 is 24.2 Å². The van der Waals surface area contributed by atoms with Gasteiger partial charge in [0.1, 0.15) is 12.6 Å². The molecular weight excluding hydrogens is 472 g/mol. The summed E-state index contributed by atoms with van der Waals surface area (Å²) in [4.78, 5) is 25.5. The van der Waals surface area contributed by atoms with Crippen molar-refractivity contribution in [3.05, 3.63) is 59.1 Å². The van der Waals surface area contributed by atoms with E-state index in [4.69, 9.17) is 32.8 Å². The van der Waals surface area contributed by atoms with Crippen LogP contribution in [0, 0.1) is 11.8 Å². The Morgan fingerprint density at radius 3 is 2.51 bits per heavy atom. The lowest BCUT2D eigenvalue weighted by Crippen LogP contribution is -2.86. The van der Waals surface area contributed by atoms with Gasteiger partial charge in [-0.1, -0.05) is 59.8 Å². The molecule has 0 aliphatic heterocycles. The Hall–Kier alpha value is -3.62. The number of hydrazine groups is 2. The number of nitrogens with one attached hydrogen (secondary N) is 4. The standard InChI is InChI=1S/C24H29ClN6O4/c1-3-35-23(33)20(8-5-13-34-2)28-21(22(32)29-24(30-26)31-27)14-16-9-11-17(12-10-16)18-6-4-7-19(25)15-18/h4,6-7,9-12,15,20-21,28H,3,13-14,26-27H2,1-2H3,(H2,29,30,31,32)/p+1/t20?,21-/m0/s1. The summed E-state index contributed by atoms with van der Waals surface area (Å²) in [5.74, 6) is 15.1. The molecule has 0 bridgehead atoms. The number of rotatable bonds is 9. The van der Waals surface area contributed by atoms with Crippen LogP contribution in [0.2, 0.25) is 5.02 Å². The van der Waals surface area contributed by atoms with Crippen molar-refractivity contribution in [2.45, 2.75) is 25.4 Å². The van der Waals surface area contributed by atoms with Crippen LogP contribution in [-0.4, -0.2) is 50.2 Å². The van der Waals surface area contributed by atoms with Crippen LogP contribution in [0.25, 0.3) is 11.1 Å². The largest absolute Gasteiger partial charge is 0.464 e. The predicted molar refractivity (Wildman–Crippen MR) is 133 cm³/mol. The average molecular weight is 502 g/mol. The van der Waals surface area contributed by atoms with Crippen molar-refractivity contribution in [2.24, 2.45) is 11.7 Å². The third-order valence-corrected chi connectivity index (χ3v) is 4.99. The number of halogens is 1. The molecular formula is C24H30ClN6O4+. The number of guanidine groups is 1. The van der Waals surface area contributed by atoms with E-state index in [0.29, 0.717) is 5.02 Å². The lowest BCUT2D eigenvalue weighted by molar-refractivity contribution is -0.473. The maximum atomic E-state index is 13.0. The molecule has 0 spiro atoms. The lowest BCUT2D eigenvalue weighted by Gasteiger charge is -2.20. The van der Waals surface area contributed by atoms with E-state index in [1.165, 1.54) is 7.11 Å². The molecule has 1 unspecified atom stereocenters. The molecule has 0 saturated heterocycles. The van der Waals surface area contributed by atoms with Crippen molar-refractivity contribution in [3.8, 4) is 23.0 Å². The predicted octanol–water partition coefficient (Wildman–Crippen LogP) is -1.02. The Kier molecular flexibility index (Phi) is 11.5. The first-order valence-corrected chi connectivity index (χ1v) is 11.2. The molecule has 0 saturated carbocycles. The molecule has 186 valence electrons. The van der Waals surface area contributed by atoms with E-state index in [1.807, 2.05) is 48.5 Å². The second-order valence-corrected chi connectivity index (χ2v) is 7.66. The molecule has 2 aromatic rings. The van der Waals surface area contributed by atoms with Crippen LogP contribution in [0.5, 0.6) is 0 Å². The zero-order chi connectivity index (χ0) is 25.6. The highest BCUT2D eigenvalue weighted by Gasteiger charge is 2.29. The molecule has 1 amide bonds. The van der Waals surface area contributed by atoms with E-state index < -0.39 is 24.0 Å². The van der Waals surface area contributed by atoms with Crippen LogP contribution in [0.3, 0.4) is 0 Å². The van der Waals surface area contributed by atoms with Crippen LogP contribution in [0.4, 0.5) is 0 Å². The van der Waals surface area contributed by atoms with Crippen molar-refractivity contribution >= 4 is 29.4 Å². The molecule has 0 aromatic heterocycles. The van der Waals surface area contributed by atoms with E-state index in [1.54, 1.807) is 6.92 Å². The summed E-state index contributed by atoms with van der Waals surface area (Å²) in [6, 6.07) is 13.2. The van der Waals surface area contributed by atoms with Crippen LogP contribution in [-0.2, 0) is 25.5 Å². The number of carbonyl (C=O) groups excluding carboxylic acids is 2. The fraction of sp³-hybridized carbons (Fsp3) is 0.292. The Morgan fingerprint density at radius 1 is 1.17 bits per heavy atom. The smallest absolute Gasteiger partial charge is 0.389 e. The van der Waals surface area contributed by atoms with Gasteiger partial charge in [0.15, 0.2) is 6.04 Å². The van der Waals surface area contributed by atoms with Gasteiger partial charge in [-0.25, -0.2) is 15.5 Å². The molecule has 35 heavy (non-hydrogen) atoms. The Bertz CT molecular complexity index is 1080. The zero-order valence-electron chi connectivity index (χ0n) is 19.6. The first kappa shape index (κ1) is 27.6. The Balaban J connectivity index is 2.29. The topological polar surface area (TPSA) is 155 Å². The second kappa shape index (κ2) is 14.6. The van der Waals surface area contributed by atoms with E-state index in [9.17, 15) is 9.59 Å². The monoisotopic (exact) mass is 501 g/mol. The van der Waals surface area contributed by atoms with Gasteiger partial charge in [-0.2, -0.15) is 10.9 Å². The van der Waals surface area contributed by atoms with Crippen LogP contribution in [0.15, 0.2) is 48.5 Å². The summed E-state index contributed by atoms with van der Waals surface area (Å²) in [5.41, 5.74) is 5.01. The number of carbonyl (C=O) groups is 2. The summed E-state index contributed by atoms with van der Waals surface area (Å²) in [7, 11) is 1.49. The maximum Gasteiger partial charge on any atom is 0.389 e. The van der Waals surface area contributed by atoms with Gasteiger partial charge in [0.05, 0.1) is 6.61 Å². The molecule has 11 heteroatoms. The third-order valence-electron chi connectivity index (χ3n) is 4.76. The number of methoxy groups -OCH3 is 1. The molecule has 2 aromatic carbocycles. The summed E-state index contributed by atoms with van der Waals surface area (Å²) in [6.07, 6.45) is 0.228. The van der Waals surface area contributed by atoms with Gasteiger partial charge >= 0.3 is 11.9 Å². The fourth-order valence-corrected chi connectivity index (χ4v) is 3.29. The molecule has 2 rings (SSSR count). The summed E-state index contributed by atoms with van der Waals surface area (Å²) >= 11 is 6.10. The highest BCUT2D eigenvalue weighted by molar-refractivity contribution is 6.30. The van der Waals surface area contributed by atoms with Gasteiger partial charge in [0.2, 0.25) is 0 Å². The second-order valence-electron chi connectivity index (χ2n) is 7.22. The summed E-state index contributed by atoms with van der Waals surface area (Å²) < 4.78 is 10.0. The van der Waals surface area contributed by atoms with Gasteiger partial charge in [0, 0.05) is 12.1 Å². The zero-order valence-corrected chi connectivity index (χ0v) is 20.3. The summed E-state index contributed by atoms with van der Waals surface area (Å²) in [6.45, 7) is 1.96. The third kappa shape index (κ3) is 8.92. The molecule has 0 radical (unpaired) electrons. The Labute approximate surface area is 209 Å². The van der Waals surface area contributed by atoms with Crippen molar-refractivity contribution in [2.75, 3.05) is 20.3 Å². The van der Waals surface area contributed by atoms with Gasteiger partial charge in [-0.15, -0.1) is 0 Å². The number of hydrazone groups is 1. The number of benzene rings is 2. The molecule has 0 aliphatic carbocycles. The quantitative estimate of drug-likeness (QED) is 0.0637. The number of esters is 1.